The molecule has 0 fully saturated rings. The van der Waals surface area contributed by atoms with E-state index < -0.39 is 0 Å². The summed E-state index contributed by atoms with van der Waals surface area (Å²) in [5.74, 6) is 1.85. The van der Waals surface area contributed by atoms with Crippen molar-refractivity contribution in [1.82, 2.24) is 9.97 Å². The van der Waals surface area contributed by atoms with Gasteiger partial charge < -0.3 is 15.4 Å². The van der Waals surface area contributed by atoms with Crippen molar-refractivity contribution in [2.45, 2.75) is 20.8 Å². The highest BCUT2D eigenvalue weighted by atomic mass is 16.5. The van der Waals surface area contributed by atoms with Crippen molar-refractivity contribution in [3.8, 4) is 5.88 Å². The Labute approximate surface area is 103 Å². The number of rotatable bonds is 7. The molecule has 1 aromatic heterocycles. The number of hydrogen-bond acceptors (Lipinski definition) is 5. The topological polar surface area (TPSA) is 64.3 Å². The highest BCUT2D eigenvalue weighted by Crippen LogP contribution is 2.13. The average molecular weight is 238 g/mol. The molecule has 0 atom stereocenters. The highest BCUT2D eigenvalue weighted by molar-refractivity contribution is 5.32. The number of hydrogen-bond donors (Lipinski definition) is 1. The summed E-state index contributed by atoms with van der Waals surface area (Å²) in [7, 11) is 0. The van der Waals surface area contributed by atoms with Gasteiger partial charge in [0.05, 0.1) is 6.61 Å². The van der Waals surface area contributed by atoms with Gasteiger partial charge in [-0.2, -0.15) is 4.98 Å². The smallest absolute Gasteiger partial charge is 0.228 e. The van der Waals surface area contributed by atoms with Crippen LogP contribution in [0.5, 0.6) is 5.88 Å². The lowest BCUT2D eigenvalue weighted by molar-refractivity contribution is 0.326. The van der Waals surface area contributed by atoms with Crippen molar-refractivity contribution >= 4 is 5.95 Å². The van der Waals surface area contributed by atoms with E-state index >= 15 is 0 Å². The maximum absolute atomic E-state index is 5.61. The molecule has 0 radical (unpaired) electrons. The fourth-order valence-corrected chi connectivity index (χ4v) is 1.58. The molecule has 1 aromatic rings. The second-order valence-electron chi connectivity index (χ2n) is 4.26. The zero-order valence-corrected chi connectivity index (χ0v) is 10.9. The van der Waals surface area contributed by atoms with Crippen LogP contribution in [0.4, 0.5) is 5.95 Å². The molecule has 0 spiro atoms. The molecule has 1 rings (SSSR count). The molecule has 0 aliphatic rings. The van der Waals surface area contributed by atoms with Crippen LogP contribution in [-0.4, -0.2) is 36.2 Å². The van der Waals surface area contributed by atoms with Crippen molar-refractivity contribution < 1.29 is 4.74 Å². The Bertz CT molecular complexity index is 330. The van der Waals surface area contributed by atoms with Crippen molar-refractivity contribution in [2.75, 3.05) is 31.1 Å². The van der Waals surface area contributed by atoms with Gasteiger partial charge in [-0.25, -0.2) is 4.98 Å². The lowest BCUT2D eigenvalue weighted by atomic mass is 10.2. The number of ether oxygens (including phenoxy) is 1. The van der Waals surface area contributed by atoms with E-state index in [-0.39, 0.29) is 0 Å². The van der Waals surface area contributed by atoms with E-state index in [0.29, 0.717) is 30.9 Å². The van der Waals surface area contributed by atoms with Crippen LogP contribution in [-0.2, 0) is 0 Å². The zero-order chi connectivity index (χ0) is 12.7. The highest BCUT2D eigenvalue weighted by Gasteiger charge is 2.11. The molecule has 0 aliphatic heterocycles. The van der Waals surface area contributed by atoms with E-state index in [4.69, 9.17) is 10.5 Å². The van der Waals surface area contributed by atoms with E-state index in [1.807, 2.05) is 6.92 Å². The molecule has 2 N–H and O–H groups in total. The first-order chi connectivity index (χ1) is 8.17. The second-order valence-corrected chi connectivity index (χ2v) is 4.26. The van der Waals surface area contributed by atoms with E-state index in [0.717, 1.165) is 13.1 Å². The molecule has 5 heteroatoms. The van der Waals surface area contributed by atoms with Gasteiger partial charge in [-0.15, -0.1) is 0 Å². The summed E-state index contributed by atoms with van der Waals surface area (Å²) in [6.07, 6.45) is 1.72. The maximum atomic E-state index is 5.61. The van der Waals surface area contributed by atoms with E-state index in [1.54, 1.807) is 12.3 Å². The summed E-state index contributed by atoms with van der Waals surface area (Å²) >= 11 is 0. The Hall–Kier alpha value is -1.36. The third-order valence-corrected chi connectivity index (χ3v) is 2.18. The van der Waals surface area contributed by atoms with Crippen LogP contribution >= 0.6 is 0 Å². The van der Waals surface area contributed by atoms with Crippen LogP contribution in [0.2, 0.25) is 0 Å². The first kappa shape index (κ1) is 13.7. The maximum Gasteiger partial charge on any atom is 0.228 e. The summed E-state index contributed by atoms with van der Waals surface area (Å²) in [5, 5.41) is 0. The molecule has 0 amide bonds. The summed E-state index contributed by atoms with van der Waals surface area (Å²) in [4.78, 5) is 10.7. The summed E-state index contributed by atoms with van der Waals surface area (Å²) in [6, 6.07) is 1.77. The number of anilines is 1. The van der Waals surface area contributed by atoms with Crippen LogP contribution in [0.3, 0.4) is 0 Å². The third-order valence-electron chi connectivity index (χ3n) is 2.18. The molecular formula is C12H22N4O. The Morgan fingerprint density at radius 1 is 1.47 bits per heavy atom. The Balaban J connectivity index is 2.81. The molecule has 1 heterocycles. The van der Waals surface area contributed by atoms with Crippen LogP contribution < -0.4 is 15.4 Å². The minimum atomic E-state index is 0.542. The van der Waals surface area contributed by atoms with Gasteiger partial charge in [0.1, 0.15) is 0 Å². The average Bonchev–Trinajstić information content (AvgIpc) is 2.29. The van der Waals surface area contributed by atoms with Crippen molar-refractivity contribution in [1.29, 1.82) is 0 Å². The van der Waals surface area contributed by atoms with Crippen LogP contribution in [0.15, 0.2) is 12.3 Å². The minimum Gasteiger partial charge on any atom is -0.478 e. The lowest BCUT2D eigenvalue weighted by Crippen LogP contribution is -2.34. The molecule has 0 unspecified atom stereocenters. The fraction of sp³-hybridized carbons (Fsp3) is 0.667. The van der Waals surface area contributed by atoms with Crippen LogP contribution in [0.1, 0.15) is 20.8 Å². The second kappa shape index (κ2) is 7.06. The van der Waals surface area contributed by atoms with Crippen LogP contribution in [0, 0.1) is 5.92 Å². The van der Waals surface area contributed by atoms with Crippen LogP contribution in [0.25, 0.3) is 0 Å². The van der Waals surface area contributed by atoms with E-state index in [9.17, 15) is 0 Å². The van der Waals surface area contributed by atoms with Crippen molar-refractivity contribution in [2.24, 2.45) is 11.7 Å². The Morgan fingerprint density at radius 3 is 2.82 bits per heavy atom. The molecule has 0 bridgehead atoms. The molecule has 0 saturated carbocycles. The SMILES string of the molecule is CCOc1ccnc(N(CCN)CC(C)C)n1. The first-order valence-electron chi connectivity index (χ1n) is 6.08. The van der Waals surface area contributed by atoms with Gasteiger partial charge in [0.2, 0.25) is 11.8 Å². The zero-order valence-electron chi connectivity index (χ0n) is 10.9. The molecule has 17 heavy (non-hydrogen) atoms. The summed E-state index contributed by atoms with van der Waals surface area (Å²) in [6.45, 7) is 9.12. The molecule has 96 valence electrons. The summed E-state index contributed by atoms with van der Waals surface area (Å²) in [5.41, 5.74) is 5.61. The van der Waals surface area contributed by atoms with Gasteiger partial charge in [-0.1, -0.05) is 13.8 Å². The normalized spacial score (nSPS) is 10.6. The molecule has 5 nitrogen and oxygen atoms in total. The predicted octanol–water partition coefficient (Wildman–Crippen LogP) is 1.30. The van der Waals surface area contributed by atoms with Gasteiger partial charge in [-0.3, -0.25) is 0 Å². The molecular weight excluding hydrogens is 216 g/mol. The fourth-order valence-electron chi connectivity index (χ4n) is 1.58. The van der Waals surface area contributed by atoms with Crippen molar-refractivity contribution in [3.05, 3.63) is 12.3 Å². The summed E-state index contributed by atoms with van der Waals surface area (Å²) < 4.78 is 5.37. The third kappa shape index (κ3) is 4.56. The van der Waals surface area contributed by atoms with Gasteiger partial charge in [-0.05, 0) is 12.8 Å². The van der Waals surface area contributed by atoms with Gasteiger partial charge in [0, 0.05) is 31.9 Å². The van der Waals surface area contributed by atoms with E-state index in [1.165, 1.54) is 0 Å². The number of nitrogens with two attached hydrogens (primary N) is 1. The minimum absolute atomic E-state index is 0.542. The van der Waals surface area contributed by atoms with E-state index in [2.05, 4.69) is 28.7 Å². The number of nitrogens with zero attached hydrogens (tertiary/aromatic N) is 3. The first-order valence-corrected chi connectivity index (χ1v) is 6.08. The van der Waals surface area contributed by atoms with Gasteiger partial charge >= 0.3 is 0 Å². The largest absolute Gasteiger partial charge is 0.478 e. The van der Waals surface area contributed by atoms with Gasteiger partial charge in [0.25, 0.3) is 0 Å². The number of aromatic nitrogens is 2. The standard InChI is InChI=1S/C12H22N4O/c1-4-17-11-5-7-14-12(15-11)16(8-6-13)9-10(2)3/h5,7,10H,4,6,8-9,13H2,1-3H3. The Kier molecular flexibility index (Phi) is 5.69. The molecule has 0 aromatic carbocycles. The van der Waals surface area contributed by atoms with Gasteiger partial charge in [0.15, 0.2) is 0 Å². The molecule has 0 saturated heterocycles. The lowest BCUT2D eigenvalue weighted by Gasteiger charge is -2.23. The molecule has 0 aliphatic carbocycles. The quantitative estimate of drug-likeness (QED) is 0.775. The predicted molar refractivity (Wildman–Crippen MR) is 69.3 cm³/mol. The Morgan fingerprint density at radius 2 is 2.24 bits per heavy atom. The van der Waals surface area contributed by atoms with Crippen molar-refractivity contribution in [3.63, 3.8) is 0 Å². The monoisotopic (exact) mass is 238 g/mol.